The van der Waals surface area contributed by atoms with Crippen LogP contribution in [0.25, 0.3) is 0 Å². The van der Waals surface area contributed by atoms with Crippen LogP contribution < -0.4 is 10.3 Å². The number of ether oxygens (including phenoxy) is 2. The van der Waals surface area contributed by atoms with E-state index in [9.17, 15) is 14.0 Å². The third-order valence-corrected chi connectivity index (χ3v) is 3.79. The lowest BCUT2D eigenvalue weighted by molar-refractivity contribution is -0.141. The van der Waals surface area contributed by atoms with Gasteiger partial charge in [-0.2, -0.15) is 0 Å². The van der Waals surface area contributed by atoms with Crippen LogP contribution in [0.5, 0.6) is 5.75 Å². The lowest BCUT2D eigenvalue weighted by Crippen LogP contribution is -2.44. The highest BCUT2D eigenvalue weighted by Gasteiger charge is 2.27. The predicted octanol–water partition coefficient (Wildman–Crippen LogP) is 1.20. The molecular weight excluding hydrogens is 329 g/mol. The molecule has 1 aliphatic rings. The van der Waals surface area contributed by atoms with Crippen LogP contribution in [0.15, 0.2) is 35.1 Å². The number of aromatic nitrogens is 2. The number of carbonyl (C=O) groups is 1. The monoisotopic (exact) mass is 347 g/mol. The van der Waals surface area contributed by atoms with E-state index < -0.39 is 11.9 Å². The van der Waals surface area contributed by atoms with E-state index in [-0.39, 0.29) is 24.6 Å². The van der Waals surface area contributed by atoms with Crippen LogP contribution in [0.3, 0.4) is 0 Å². The Morgan fingerprint density at radius 3 is 3.08 bits per heavy atom. The molecule has 8 heteroatoms. The van der Waals surface area contributed by atoms with Crippen LogP contribution in [-0.2, 0) is 9.53 Å². The highest BCUT2D eigenvalue weighted by atomic mass is 19.1. The van der Waals surface area contributed by atoms with Crippen LogP contribution in [0.2, 0.25) is 0 Å². The first-order valence-corrected chi connectivity index (χ1v) is 7.87. The highest BCUT2D eigenvalue weighted by Crippen LogP contribution is 2.20. The van der Waals surface area contributed by atoms with Crippen molar-refractivity contribution in [3.05, 3.63) is 58.0 Å². The second-order valence-corrected chi connectivity index (χ2v) is 5.70. The molecule has 1 atom stereocenters. The standard InChI is InChI=1S/C17H18FN3O4/c1-11-19-14(8-16(22)20-11)15-9-21(5-6-24-15)17(23)10-25-13-4-2-3-12(18)7-13/h2-4,7-8,15H,5-6,9-10H2,1H3,(H,19,20,22)/t15-/m0/s1. The molecule has 1 fully saturated rings. The minimum absolute atomic E-state index is 0.196. The van der Waals surface area contributed by atoms with Crippen molar-refractivity contribution < 1.29 is 18.7 Å². The number of hydrogen-bond donors (Lipinski definition) is 1. The Balaban J connectivity index is 1.62. The van der Waals surface area contributed by atoms with Gasteiger partial charge in [-0.1, -0.05) is 6.07 Å². The molecule has 0 saturated carbocycles. The average molecular weight is 347 g/mol. The Bertz CT molecular complexity index is 824. The molecule has 1 aliphatic heterocycles. The summed E-state index contributed by atoms with van der Waals surface area (Å²) in [6.07, 6.45) is -0.465. The number of halogens is 1. The Morgan fingerprint density at radius 2 is 2.32 bits per heavy atom. The van der Waals surface area contributed by atoms with Crippen molar-refractivity contribution in [3.8, 4) is 5.75 Å². The van der Waals surface area contributed by atoms with Gasteiger partial charge < -0.3 is 19.4 Å². The average Bonchev–Trinajstić information content (AvgIpc) is 2.59. The minimum Gasteiger partial charge on any atom is -0.484 e. The number of aromatic amines is 1. The van der Waals surface area contributed by atoms with Gasteiger partial charge in [0, 0.05) is 18.7 Å². The smallest absolute Gasteiger partial charge is 0.260 e. The molecule has 1 aromatic carbocycles. The van der Waals surface area contributed by atoms with Gasteiger partial charge in [0.2, 0.25) is 0 Å². The maximum Gasteiger partial charge on any atom is 0.260 e. The summed E-state index contributed by atoms with van der Waals surface area (Å²) in [4.78, 5) is 32.3. The van der Waals surface area contributed by atoms with Gasteiger partial charge in [-0.15, -0.1) is 0 Å². The van der Waals surface area contributed by atoms with E-state index in [2.05, 4.69) is 9.97 Å². The van der Waals surface area contributed by atoms with Crippen molar-refractivity contribution in [1.29, 1.82) is 0 Å². The number of morpholine rings is 1. The number of aryl methyl sites for hydroxylation is 1. The summed E-state index contributed by atoms with van der Waals surface area (Å²) in [5.41, 5.74) is 0.230. The van der Waals surface area contributed by atoms with E-state index in [1.165, 1.54) is 24.3 Å². The van der Waals surface area contributed by atoms with E-state index in [0.717, 1.165) is 0 Å². The maximum absolute atomic E-state index is 13.1. The molecule has 2 aromatic rings. The minimum atomic E-state index is -0.465. The Kier molecular flexibility index (Phi) is 5.08. The normalized spacial score (nSPS) is 17.4. The van der Waals surface area contributed by atoms with E-state index in [1.807, 2.05) is 0 Å². The quantitative estimate of drug-likeness (QED) is 0.898. The molecule has 0 spiro atoms. The van der Waals surface area contributed by atoms with Gasteiger partial charge >= 0.3 is 0 Å². The van der Waals surface area contributed by atoms with Gasteiger partial charge in [0.25, 0.3) is 11.5 Å². The highest BCUT2D eigenvalue weighted by molar-refractivity contribution is 5.77. The molecule has 25 heavy (non-hydrogen) atoms. The molecule has 1 amide bonds. The zero-order valence-electron chi connectivity index (χ0n) is 13.7. The van der Waals surface area contributed by atoms with Gasteiger partial charge in [-0.25, -0.2) is 9.37 Å². The van der Waals surface area contributed by atoms with Gasteiger partial charge in [-0.3, -0.25) is 9.59 Å². The maximum atomic E-state index is 13.1. The number of amides is 1. The third kappa shape index (κ3) is 4.42. The molecule has 132 valence electrons. The molecule has 1 N–H and O–H groups in total. The number of H-pyrrole nitrogens is 1. The molecule has 3 rings (SSSR count). The van der Waals surface area contributed by atoms with Crippen LogP contribution in [0.1, 0.15) is 17.6 Å². The van der Waals surface area contributed by atoms with Crippen LogP contribution in [0.4, 0.5) is 4.39 Å². The van der Waals surface area contributed by atoms with Crippen molar-refractivity contribution >= 4 is 5.91 Å². The summed E-state index contributed by atoms with van der Waals surface area (Å²) < 4.78 is 24.1. The van der Waals surface area contributed by atoms with E-state index in [1.54, 1.807) is 17.9 Å². The van der Waals surface area contributed by atoms with Gasteiger partial charge in [0.1, 0.15) is 23.5 Å². The predicted molar refractivity (Wildman–Crippen MR) is 86.8 cm³/mol. The Morgan fingerprint density at radius 1 is 1.48 bits per heavy atom. The number of carbonyl (C=O) groups excluding carboxylic acids is 1. The molecule has 0 bridgehead atoms. The van der Waals surface area contributed by atoms with E-state index >= 15 is 0 Å². The van der Waals surface area contributed by atoms with Crippen LogP contribution in [0, 0.1) is 12.7 Å². The van der Waals surface area contributed by atoms with Crippen molar-refractivity contribution in [2.45, 2.75) is 13.0 Å². The molecule has 0 aliphatic carbocycles. The fourth-order valence-electron chi connectivity index (χ4n) is 2.62. The number of benzene rings is 1. The Hall–Kier alpha value is -2.74. The van der Waals surface area contributed by atoms with Gasteiger partial charge in [-0.05, 0) is 19.1 Å². The van der Waals surface area contributed by atoms with Crippen molar-refractivity contribution in [1.82, 2.24) is 14.9 Å². The summed E-state index contributed by atoms with van der Waals surface area (Å²) in [5.74, 6) is 0.125. The largest absolute Gasteiger partial charge is 0.484 e. The summed E-state index contributed by atoms with van der Waals surface area (Å²) in [6, 6.07) is 6.99. The first kappa shape index (κ1) is 17.1. The molecule has 7 nitrogen and oxygen atoms in total. The van der Waals surface area contributed by atoms with Crippen molar-refractivity contribution in [2.24, 2.45) is 0 Å². The van der Waals surface area contributed by atoms with Crippen molar-refractivity contribution in [3.63, 3.8) is 0 Å². The zero-order chi connectivity index (χ0) is 17.8. The second kappa shape index (κ2) is 7.43. The van der Waals surface area contributed by atoms with Gasteiger partial charge in [0.15, 0.2) is 6.61 Å². The molecule has 0 unspecified atom stereocenters. The molecule has 1 aromatic heterocycles. The van der Waals surface area contributed by atoms with Gasteiger partial charge in [0.05, 0.1) is 18.8 Å². The zero-order valence-corrected chi connectivity index (χ0v) is 13.7. The number of hydrogen-bond acceptors (Lipinski definition) is 5. The number of nitrogens with one attached hydrogen (secondary N) is 1. The first-order valence-electron chi connectivity index (χ1n) is 7.87. The SMILES string of the molecule is Cc1nc([C@@H]2CN(C(=O)COc3cccc(F)c3)CCO2)cc(=O)[nH]1. The fourth-order valence-corrected chi connectivity index (χ4v) is 2.62. The lowest BCUT2D eigenvalue weighted by Gasteiger charge is -2.32. The molecular formula is C17H18FN3O4. The molecule has 0 radical (unpaired) electrons. The number of rotatable bonds is 4. The first-order chi connectivity index (χ1) is 12.0. The van der Waals surface area contributed by atoms with Crippen LogP contribution >= 0.6 is 0 Å². The summed E-state index contributed by atoms with van der Waals surface area (Å²) in [7, 11) is 0. The van der Waals surface area contributed by atoms with E-state index in [4.69, 9.17) is 9.47 Å². The second-order valence-electron chi connectivity index (χ2n) is 5.70. The molecule has 1 saturated heterocycles. The van der Waals surface area contributed by atoms with E-state index in [0.29, 0.717) is 30.4 Å². The summed E-state index contributed by atoms with van der Waals surface area (Å²) in [5, 5.41) is 0. The molecule has 2 heterocycles. The summed E-state index contributed by atoms with van der Waals surface area (Å²) in [6.45, 7) is 2.52. The lowest BCUT2D eigenvalue weighted by atomic mass is 10.2. The Labute approximate surface area is 143 Å². The van der Waals surface area contributed by atoms with Crippen molar-refractivity contribution in [2.75, 3.05) is 26.3 Å². The fraction of sp³-hybridized carbons (Fsp3) is 0.353. The number of nitrogens with zero attached hydrogens (tertiary/aromatic N) is 2. The summed E-state index contributed by atoms with van der Waals surface area (Å²) >= 11 is 0. The van der Waals surface area contributed by atoms with Crippen LogP contribution in [-0.4, -0.2) is 47.1 Å². The third-order valence-electron chi connectivity index (χ3n) is 3.79. The topological polar surface area (TPSA) is 84.5 Å².